The molecule has 4 nitrogen and oxygen atoms in total. The van der Waals surface area contributed by atoms with Gasteiger partial charge < -0.3 is 14.4 Å². The predicted octanol–water partition coefficient (Wildman–Crippen LogP) is 3.16. The molecule has 1 heterocycles. The second-order valence-electron chi connectivity index (χ2n) is 6.57. The van der Waals surface area contributed by atoms with Crippen molar-refractivity contribution in [3.63, 3.8) is 0 Å². The van der Waals surface area contributed by atoms with Gasteiger partial charge in [0.2, 0.25) is 0 Å². The summed E-state index contributed by atoms with van der Waals surface area (Å²) in [6.07, 6.45) is 7.16. The molecule has 1 N–H and O–H groups in total. The zero-order chi connectivity index (χ0) is 15.2. The Labute approximate surface area is 129 Å². The molecule has 1 aliphatic carbocycles. The molecule has 1 saturated carbocycles. The summed E-state index contributed by atoms with van der Waals surface area (Å²) in [5.74, 6) is 0.725. The van der Waals surface area contributed by atoms with Crippen molar-refractivity contribution in [3.05, 3.63) is 0 Å². The molecule has 118 valence electrons. The highest BCUT2D eigenvalue weighted by molar-refractivity contribution is 6.45. The summed E-state index contributed by atoms with van der Waals surface area (Å²) in [5.41, 5.74) is 0. The van der Waals surface area contributed by atoms with Crippen molar-refractivity contribution in [1.82, 2.24) is 0 Å². The summed E-state index contributed by atoms with van der Waals surface area (Å²) < 4.78 is 11.7. The van der Waals surface area contributed by atoms with Gasteiger partial charge in [-0.25, -0.2) is 0 Å². The van der Waals surface area contributed by atoms with E-state index in [-0.39, 0.29) is 23.9 Å². The van der Waals surface area contributed by atoms with Crippen molar-refractivity contribution < 1.29 is 14.4 Å². The average molecular weight is 293 g/mol. The van der Waals surface area contributed by atoms with Crippen LogP contribution in [-0.4, -0.2) is 31.0 Å². The first-order chi connectivity index (χ1) is 10.2. The minimum Gasteiger partial charge on any atom is -0.427 e. The largest absolute Gasteiger partial charge is 0.457 e. The van der Waals surface area contributed by atoms with E-state index in [4.69, 9.17) is 9.39 Å². The maximum Gasteiger partial charge on any atom is 0.457 e. The van der Waals surface area contributed by atoms with E-state index in [9.17, 15) is 10.3 Å². The van der Waals surface area contributed by atoms with Gasteiger partial charge in [-0.1, -0.05) is 26.7 Å². The van der Waals surface area contributed by atoms with Gasteiger partial charge in [-0.2, -0.15) is 5.26 Å². The third kappa shape index (κ3) is 4.22. The lowest BCUT2D eigenvalue weighted by Gasteiger charge is -2.34. The summed E-state index contributed by atoms with van der Waals surface area (Å²) in [7, 11) is -0.575. The van der Waals surface area contributed by atoms with E-state index in [1.165, 1.54) is 0 Å². The van der Waals surface area contributed by atoms with Crippen LogP contribution in [0.15, 0.2) is 0 Å². The van der Waals surface area contributed by atoms with Crippen LogP contribution >= 0.6 is 0 Å². The summed E-state index contributed by atoms with van der Waals surface area (Å²) in [5, 5.41) is 19.2. The number of hydrogen-bond donors (Lipinski definition) is 1. The molecule has 5 unspecified atom stereocenters. The van der Waals surface area contributed by atoms with E-state index in [0.717, 1.165) is 44.9 Å². The molecule has 0 aromatic rings. The standard InChI is InChI=1S/C16H28BNO3/c1-3-5-12(10-18)16(6-4-2)21-14-7-8-15-13(9-14)11-20-17(15)19/h12-16,19H,3-9,11H2,1-2H3. The van der Waals surface area contributed by atoms with Crippen LogP contribution in [-0.2, 0) is 9.39 Å². The first kappa shape index (κ1) is 16.8. The van der Waals surface area contributed by atoms with Crippen LogP contribution in [0.1, 0.15) is 58.8 Å². The number of fused-ring (bicyclic) bond motifs is 1. The van der Waals surface area contributed by atoms with Gasteiger partial charge in [0, 0.05) is 6.61 Å². The third-order valence-corrected chi connectivity index (χ3v) is 5.00. The van der Waals surface area contributed by atoms with E-state index in [0.29, 0.717) is 12.5 Å². The molecule has 0 aromatic heterocycles. The van der Waals surface area contributed by atoms with Crippen molar-refractivity contribution in [1.29, 1.82) is 5.26 Å². The fourth-order valence-electron chi connectivity index (χ4n) is 3.82. The molecule has 2 rings (SSSR count). The van der Waals surface area contributed by atoms with Gasteiger partial charge in [-0.15, -0.1) is 0 Å². The zero-order valence-corrected chi connectivity index (χ0v) is 13.3. The predicted molar refractivity (Wildman–Crippen MR) is 82.6 cm³/mol. The highest BCUT2D eigenvalue weighted by atomic mass is 16.5. The first-order valence-corrected chi connectivity index (χ1v) is 8.54. The maximum atomic E-state index is 9.77. The Morgan fingerprint density at radius 2 is 2.10 bits per heavy atom. The van der Waals surface area contributed by atoms with Crippen molar-refractivity contribution in [2.45, 2.75) is 76.8 Å². The SMILES string of the molecule is CCCC(C#N)C(CCC)OC1CCC2B(O)OCC2C1. The van der Waals surface area contributed by atoms with Crippen LogP contribution < -0.4 is 0 Å². The van der Waals surface area contributed by atoms with Gasteiger partial charge in [0.25, 0.3) is 0 Å². The number of rotatable bonds is 7. The molecule has 5 atom stereocenters. The lowest BCUT2D eigenvalue weighted by Crippen LogP contribution is -2.34. The van der Waals surface area contributed by atoms with E-state index < -0.39 is 7.12 Å². The normalized spacial score (nSPS) is 31.5. The number of nitriles is 1. The molecular formula is C16H28BNO3. The lowest BCUT2D eigenvalue weighted by atomic mass is 9.62. The quantitative estimate of drug-likeness (QED) is 0.732. The Hall–Kier alpha value is -0.565. The van der Waals surface area contributed by atoms with Crippen molar-refractivity contribution in [3.8, 4) is 6.07 Å². The van der Waals surface area contributed by atoms with Crippen LogP contribution in [0.5, 0.6) is 0 Å². The van der Waals surface area contributed by atoms with Gasteiger partial charge in [-0.3, -0.25) is 0 Å². The van der Waals surface area contributed by atoms with Gasteiger partial charge >= 0.3 is 7.12 Å². The number of ether oxygens (including phenoxy) is 1. The second-order valence-corrected chi connectivity index (χ2v) is 6.57. The van der Waals surface area contributed by atoms with E-state index >= 15 is 0 Å². The third-order valence-electron chi connectivity index (χ3n) is 5.00. The molecule has 2 fully saturated rings. The molecule has 0 amide bonds. The van der Waals surface area contributed by atoms with Gasteiger partial charge in [0.15, 0.2) is 0 Å². The Balaban J connectivity index is 1.90. The molecule has 1 aliphatic heterocycles. The average Bonchev–Trinajstić information content (AvgIpc) is 2.85. The molecule has 2 aliphatic rings. The van der Waals surface area contributed by atoms with Crippen molar-refractivity contribution in [2.24, 2.45) is 11.8 Å². The number of hydrogen-bond acceptors (Lipinski definition) is 4. The second kappa shape index (κ2) is 8.17. The molecule has 1 saturated heterocycles. The zero-order valence-electron chi connectivity index (χ0n) is 13.3. The fraction of sp³-hybridized carbons (Fsp3) is 0.938. The minimum absolute atomic E-state index is 0.0121. The van der Waals surface area contributed by atoms with Crippen molar-refractivity contribution >= 4 is 7.12 Å². The minimum atomic E-state index is -0.575. The van der Waals surface area contributed by atoms with Crippen molar-refractivity contribution in [2.75, 3.05) is 6.61 Å². The van der Waals surface area contributed by atoms with Crippen LogP contribution in [0.3, 0.4) is 0 Å². The Morgan fingerprint density at radius 3 is 2.76 bits per heavy atom. The van der Waals surface area contributed by atoms with Crippen LogP contribution in [0.25, 0.3) is 0 Å². The summed E-state index contributed by atoms with van der Waals surface area (Å²) in [4.78, 5) is 0. The van der Waals surface area contributed by atoms with E-state index in [2.05, 4.69) is 19.9 Å². The maximum absolute atomic E-state index is 9.77. The van der Waals surface area contributed by atoms with Gasteiger partial charge in [0.1, 0.15) is 0 Å². The summed E-state index contributed by atoms with van der Waals surface area (Å²) >= 11 is 0. The Bertz CT molecular complexity index is 360. The molecule has 5 heteroatoms. The molecule has 0 bridgehead atoms. The van der Waals surface area contributed by atoms with E-state index in [1.807, 2.05) is 0 Å². The van der Waals surface area contributed by atoms with Gasteiger partial charge in [-0.05, 0) is 43.8 Å². The lowest BCUT2D eigenvalue weighted by molar-refractivity contribution is -0.0611. The molecule has 0 radical (unpaired) electrons. The highest BCUT2D eigenvalue weighted by Crippen LogP contribution is 2.42. The molecule has 0 aromatic carbocycles. The molecule has 0 spiro atoms. The summed E-state index contributed by atoms with van der Waals surface area (Å²) in [6.45, 7) is 4.92. The van der Waals surface area contributed by atoms with Gasteiger partial charge in [0.05, 0.1) is 24.2 Å². The summed E-state index contributed by atoms with van der Waals surface area (Å²) in [6, 6.07) is 2.44. The van der Waals surface area contributed by atoms with E-state index in [1.54, 1.807) is 0 Å². The Morgan fingerprint density at radius 1 is 1.33 bits per heavy atom. The Kier molecular flexibility index (Phi) is 6.53. The van der Waals surface area contributed by atoms with Crippen LogP contribution in [0, 0.1) is 23.2 Å². The van der Waals surface area contributed by atoms with Crippen LogP contribution in [0.4, 0.5) is 0 Å². The first-order valence-electron chi connectivity index (χ1n) is 8.54. The topological polar surface area (TPSA) is 62.5 Å². The molecule has 21 heavy (non-hydrogen) atoms. The highest BCUT2D eigenvalue weighted by Gasteiger charge is 2.45. The monoisotopic (exact) mass is 293 g/mol. The van der Waals surface area contributed by atoms with Crippen LogP contribution in [0.2, 0.25) is 5.82 Å². The fourth-order valence-corrected chi connectivity index (χ4v) is 3.82. The smallest absolute Gasteiger partial charge is 0.427 e. The number of nitrogens with zero attached hydrogens (tertiary/aromatic N) is 1. The molecular weight excluding hydrogens is 265 g/mol.